The molecule has 2 saturated heterocycles. The first-order valence-corrected chi connectivity index (χ1v) is 10.9. The van der Waals surface area contributed by atoms with Crippen molar-refractivity contribution >= 4 is 15.9 Å². The highest BCUT2D eigenvalue weighted by Gasteiger charge is 2.49. The summed E-state index contributed by atoms with van der Waals surface area (Å²) in [5, 5.41) is 22.8. The van der Waals surface area contributed by atoms with Crippen molar-refractivity contribution < 1.29 is 32.9 Å². The number of rotatable bonds is 4. The second-order valence-corrected chi connectivity index (χ2v) is 9.83. The molecule has 0 bridgehead atoms. The van der Waals surface area contributed by atoms with Gasteiger partial charge >= 0.3 is 0 Å². The zero-order valence-corrected chi connectivity index (χ0v) is 17.7. The van der Waals surface area contributed by atoms with Gasteiger partial charge in [-0.25, -0.2) is 8.42 Å². The highest BCUT2D eigenvalue weighted by atomic mass is 32.2. The number of amides is 1. The van der Waals surface area contributed by atoms with Crippen LogP contribution in [0.2, 0.25) is 0 Å². The van der Waals surface area contributed by atoms with E-state index in [0.717, 1.165) is 0 Å². The number of hydrogen-bond donors (Lipinski definition) is 3. The van der Waals surface area contributed by atoms with E-state index < -0.39 is 33.2 Å². The Bertz CT molecular complexity index is 877. The van der Waals surface area contributed by atoms with Crippen molar-refractivity contribution in [1.82, 2.24) is 9.62 Å². The summed E-state index contributed by atoms with van der Waals surface area (Å²) >= 11 is 0. The standard InChI is InChI=1S/C19H28N2O7S/c1-18(24)12-19(28-11-16(18)22)6-8-21(9-7-19)29(25,26)13-4-5-15(27-3)14(10-13)17(23)20-2/h4-5,10,16,22,24H,6-9,11-12H2,1-3H3,(H,20,23)/t16-,18-/m0/s1. The monoisotopic (exact) mass is 428 g/mol. The number of benzene rings is 1. The van der Waals surface area contributed by atoms with Crippen LogP contribution in [0.1, 0.15) is 36.5 Å². The molecule has 3 N–H and O–H groups in total. The Hall–Kier alpha value is -1.72. The smallest absolute Gasteiger partial charge is 0.254 e. The highest BCUT2D eigenvalue weighted by molar-refractivity contribution is 7.89. The van der Waals surface area contributed by atoms with Gasteiger partial charge in [-0.3, -0.25) is 4.79 Å². The number of nitrogens with zero attached hydrogens (tertiary/aromatic N) is 1. The SMILES string of the molecule is CNC(=O)c1cc(S(=O)(=O)N2CCC3(CC2)C[C@](C)(O)[C@@H](O)CO3)ccc1OC. The number of carbonyl (C=O) groups excluding carboxylic acids is 1. The minimum Gasteiger partial charge on any atom is -0.496 e. The van der Waals surface area contributed by atoms with Crippen LogP contribution in [0.15, 0.2) is 23.1 Å². The van der Waals surface area contributed by atoms with E-state index in [1.54, 1.807) is 6.92 Å². The van der Waals surface area contributed by atoms with Crippen LogP contribution in [0.4, 0.5) is 0 Å². The van der Waals surface area contributed by atoms with E-state index >= 15 is 0 Å². The molecule has 162 valence electrons. The van der Waals surface area contributed by atoms with Gasteiger partial charge in [0.1, 0.15) is 11.9 Å². The third-order valence-electron chi connectivity index (χ3n) is 5.86. The summed E-state index contributed by atoms with van der Waals surface area (Å²) in [6.07, 6.45) is 0.108. The number of piperidine rings is 1. The zero-order chi connectivity index (χ0) is 21.4. The van der Waals surface area contributed by atoms with E-state index in [9.17, 15) is 23.4 Å². The summed E-state index contributed by atoms with van der Waals surface area (Å²) in [6, 6.07) is 4.20. The van der Waals surface area contributed by atoms with Crippen LogP contribution in [-0.2, 0) is 14.8 Å². The Morgan fingerprint density at radius 1 is 1.34 bits per heavy atom. The van der Waals surface area contributed by atoms with Gasteiger partial charge < -0.3 is 25.0 Å². The number of nitrogens with one attached hydrogen (secondary N) is 1. The summed E-state index contributed by atoms with van der Waals surface area (Å²) in [5.74, 6) is -0.148. The van der Waals surface area contributed by atoms with Crippen LogP contribution in [0.5, 0.6) is 5.75 Å². The van der Waals surface area contributed by atoms with Gasteiger partial charge in [0, 0.05) is 26.6 Å². The Labute approximate surface area is 170 Å². The second kappa shape index (κ2) is 7.84. The summed E-state index contributed by atoms with van der Waals surface area (Å²) in [5.41, 5.74) is -1.77. The normalized spacial score (nSPS) is 27.6. The molecule has 1 spiro atoms. The Morgan fingerprint density at radius 2 is 2.00 bits per heavy atom. The minimum atomic E-state index is -3.82. The molecule has 1 aromatic rings. The fourth-order valence-corrected chi connectivity index (χ4v) is 5.49. The van der Waals surface area contributed by atoms with Crippen molar-refractivity contribution in [1.29, 1.82) is 0 Å². The third kappa shape index (κ3) is 4.13. The molecule has 2 atom stereocenters. The van der Waals surface area contributed by atoms with Gasteiger partial charge in [-0.2, -0.15) is 4.31 Å². The lowest BCUT2D eigenvalue weighted by molar-refractivity contribution is -0.220. The van der Waals surface area contributed by atoms with Gasteiger partial charge in [-0.1, -0.05) is 0 Å². The first-order chi connectivity index (χ1) is 13.5. The van der Waals surface area contributed by atoms with E-state index in [-0.39, 0.29) is 42.3 Å². The number of carbonyl (C=O) groups is 1. The van der Waals surface area contributed by atoms with E-state index in [4.69, 9.17) is 9.47 Å². The van der Waals surface area contributed by atoms with Crippen LogP contribution in [0.25, 0.3) is 0 Å². The molecule has 29 heavy (non-hydrogen) atoms. The molecule has 0 unspecified atom stereocenters. The second-order valence-electron chi connectivity index (χ2n) is 7.89. The number of methoxy groups -OCH3 is 1. The maximum atomic E-state index is 13.1. The summed E-state index contributed by atoms with van der Waals surface area (Å²) in [6.45, 7) is 2.03. The lowest BCUT2D eigenvalue weighted by Gasteiger charge is -2.49. The van der Waals surface area contributed by atoms with Crippen molar-refractivity contribution in [2.45, 2.75) is 48.4 Å². The topological polar surface area (TPSA) is 125 Å². The Kier molecular flexibility index (Phi) is 5.94. The molecule has 1 aromatic carbocycles. The molecule has 2 aliphatic rings. The quantitative estimate of drug-likeness (QED) is 0.621. The van der Waals surface area contributed by atoms with Crippen molar-refractivity contribution in [3.05, 3.63) is 23.8 Å². The lowest BCUT2D eigenvalue weighted by atomic mass is 9.77. The van der Waals surface area contributed by atoms with E-state index in [1.165, 1.54) is 36.7 Å². The molecule has 0 radical (unpaired) electrons. The molecule has 10 heteroatoms. The Balaban J connectivity index is 1.79. The average Bonchev–Trinajstić information content (AvgIpc) is 2.70. The summed E-state index contributed by atoms with van der Waals surface area (Å²) < 4.78 is 38.6. The molecular formula is C19H28N2O7S. The maximum absolute atomic E-state index is 13.1. The molecule has 1 amide bonds. The van der Waals surface area contributed by atoms with Crippen LogP contribution in [0.3, 0.4) is 0 Å². The fourth-order valence-electron chi connectivity index (χ4n) is 4.02. The molecule has 2 heterocycles. The number of aliphatic hydroxyl groups excluding tert-OH is 1. The van der Waals surface area contributed by atoms with Crippen LogP contribution < -0.4 is 10.1 Å². The van der Waals surface area contributed by atoms with Gasteiger partial charge in [0.05, 0.1) is 35.4 Å². The Morgan fingerprint density at radius 3 is 2.55 bits per heavy atom. The first-order valence-electron chi connectivity index (χ1n) is 9.49. The number of sulfonamides is 1. The van der Waals surface area contributed by atoms with Gasteiger partial charge in [-0.05, 0) is 38.0 Å². The first kappa shape index (κ1) is 22.0. The molecule has 9 nitrogen and oxygen atoms in total. The predicted octanol–water partition coefficient (Wildman–Crippen LogP) is 0.110. The largest absolute Gasteiger partial charge is 0.496 e. The minimum absolute atomic E-state index is 0.0137. The van der Waals surface area contributed by atoms with E-state index in [1.807, 2.05) is 0 Å². The fraction of sp³-hybridized carbons (Fsp3) is 0.632. The van der Waals surface area contributed by atoms with Gasteiger partial charge in [0.25, 0.3) is 5.91 Å². The predicted molar refractivity (Wildman–Crippen MR) is 104 cm³/mol. The third-order valence-corrected chi connectivity index (χ3v) is 7.75. The molecular weight excluding hydrogens is 400 g/mol. The molecule has 2 aliphatic heterocycles. The molecule has 0 saturated carbocycles. The molecule has 2 fully saturated rings. The van der Waals surface area contributed by atoms with Crippen LogP contribution in [-0.4, -0.2) is 80.0 Å². The van der Waals surface area contributed by atoms with E-state index in [0.29, 0.717) is 12.8 Å². The average molecular weight is 429 g/mol. The van der Waals surface area contributed by atoms with Crippen LogP contribution in [0, 0.1) is 0 Å². The van der Waals surface area contributed by atoms with Crippen molar-refractivity contribution in [2.75, 3.05) is 33.9 Å². The highest BCUT2D eigenvalue weighted by Crippen LogP contribution is 2.40. The number of ether oxygens (including phenoxy) is 2. The van der Waals surface area contributed by atoms with Crippen molar-refractivity contribution in [3.8, 4) is 5.75 Å². The van der Waals surface area contributed by atoms with Gasteiger partial charge in [0.15, 0.2) is 0 Å². The molecule has 0 aliphatic carbocycles. The summed E-state index contributed by atoms with van der Waals surface area (Å²) in [4.78, 5) is 12.1. The number of hydrogen-bond acceptors (Lipinski definition) is 7. The maximum Gasteiger partial charge on any atom is 0.254 e. The van der Waals surface area contributed by atoms with E-state index in [2.05, 4.69) is 5.32 Å². The molecule has 0 aromatic heterocycles. The lowest BCUT2D eigenvalue weighted by Crippen LogP contribution is -2.59. The summed E-state index contributed by atoms with van der Waals surface area (Å²) in [7, 11) is -0.942. The van der Waals surface area contributed by atoms with Crippen LogP contribution >= 0.6 is 0 Å². The molecule has 3 rings (SSSR count). The zero-order valence-electron chi connectivity index (χ0n) is 16.8. The number of aliphatic hydroxyl groups is 2. The van der Waals surface area contributed by atoms with Crippen molar-refractivity contribution in [3.63, 3.8) is 0 Å². The van der Waals surface area contributed by atoms with Gasteiger partial charge in [0.2, 0.25) is 10.0 Å². The van der Waals surface area contributed by atoms with Gasteiger partial charge in [-0.15, -0.1) is 0 Å². The van der Waals surface area contributed by atoms with Crippen molar-refractivity contribution in [2.24, 2.45) is 0 Å².